The van der Waals surface area contributed by atoms with Crippen molar-refractivity contribution in [3.8, 4) is 0 Å². The highest BCUT2D eigenvalue weighted by Gasteiger charge is 2.22. The molecule has 0 radical (unpaired) electrons. The summed E-state index contributed by atoms with van der Waals surface area (Å²) < 4.78 is 0. The molecule has 0 unspecified atom stereocenters. The lowest BCUT2D eigenvalue weighted by Crippen LogP contribution is -2.47. The first-order valence-corrected chi connectivity index (χ1v) is 11.2. The van der Waals surface area contributed by atoms with E-state index in [4.69, 9.17) is 0 Å². The lowest BCUT2D eigenvalue weighted by atomic mass is 10.2. The number of hydrogen-bond acceptors (Lipinski definition) is 6. The van der Waals surface area contributed by atoms with Crippen LogP contribution in [0, 0.1) is 10.1 Å². The molecule has 2 amide bonds. The zero-order valence-electron chi connectivity index (χ0n) is 17.6. The number of hydrazone groups is 1. The van der Waals surface area contributed by atoms with Crippen molar-refractivity contribution in [3.63, 3.8) is 0 Å². The number of carbonyl (C=O) groups excluding carboxylic acids is 2. The molecular weight excluding hydrogens is 440 g/mol. The number of nitro benzene ring substituents is 1. The fourth-order valence-corrected chi connectivity index (χ4v) is 3.83. The lowest BCUT2D eigenvalue weighted by molar-refractivity contribution is -0.384. The summed E-state index contributed by atoms with van der Waals surface area (Å²) in [5, 5.41) is 17.5. The normalized spacial score (nSPS) is 11.6. The topological polar surface area (TPSA) is 114 Å². The highest BCUT2D eigenvalue weighted by Crippen LogP contribution is 2.15. The third kappa shape index (κ3) is 7.58. The van der Waals surface area contributed by atoms with Crippen LogP contribution in [-0.4, -0.2) is 34.7 Å². The Morgan fingerprint density at radius 3 is 2.24 bits per heavy atom. The summed E-state index contributed by atoms with van der Waals surface area (Å²) in [4.78, 5) is 35.7. The molecule has 0 aliphatic heterocycles. The molecule has 0 saturated heterocycles. The molecule has 33 heavy (non-hydrogen) atoms. The van der Waals surface area contributed by atoms with Crippen molar-refractivity contribution in [1.82, 2.24) is 10.7 Å². The predicted octanol–water partition coefficient (Wildman–Crippen LogP) is 3.78. The van der Waals surface area contributed by atoms with Crippen molar-refractivity contribution in [2.75, 3.05) is 5.75 Å². The fraction of sp³-hybridized carbons (Fsp3) is 0.125. The third-order valence-electron chi connectivity index (χ3n) is 4.55. The second kappa shape index (κ2) is 12.2. The molecule has 168 valence electrons. The van der Waals surface area contributed by atoms with E-state index in [0.29, 0.717) is 11.5 Å². The predicted molar refractivity (Wildman–Crippen MR) is 129 cm³/mol. The van der Waals surface area contributed by atoms with Gasteiger partial charge in [-0.05, 0) is 23.3 Å². The van der Waals surface area contributed by atoms with Gasteiger partial charge in [-0.25, -0.2) is 5.43 Å². The van der Waals surface area contributed by atoms with Crippen LogP contribution in [0.25, 0.3) is 0 Å². The summed E-state index contributed by atoms with van der Waals surface area (Å²) in [7, 11) is 0. The van der Waals surface area contributed by atoms with Crippen molar-refractivity contribution in [1.29, 1.82) is 0 Å². The summed E-state index contributed by atoms with van der Waals surface area (Å²) in [6, 6.07) is 23.4. The van der Waals surface area contributed by atoms with Gasteiger partial charge in [0.2, 0.25) is 0 Å². The zero-order chi connectivity index (χ0) is 23.5. The van der Waals surface area contributed by atoms with E-state index in [-0.39, 0.29) is 11.3 Å². The number of benzene rings is 3. The monoisotopic (exact) mass is 462 g/mol. The van der Waals surface area contributed by atoms with E-state index in [9.17, 15) is 19.7 Å². The Morgan fingerprint density at radius 2 is 1.61 bits per heavy atom. The molecule has 0 spiro atoms. The first-order chi connectivity index (χ1) is 16.0. The summed E-state index contributed by atoms with van der Waals surface area (Å²) in [5.74, 6) is 0.0291. The largest absolute Gasteiger partial charge is 0.339 e. The maximum atomic E-state index is 12.7. The van der Waals surface area contributed by atoms with Crippen LogP contribution in [0.2, 0.25) is 0 Å². The Balaban J connectivity index is 1.65. The van der Waals surface area contributed by atoms with Crippen LogP contribution in [-0.2, 0) is 10.5 Å². The molecule has 3 aromatic carbocycles. The van der Waals surface area contributed by atoms with Gasteiger partial charge in [0, 0.05) is 29.2 Å². The van der Waals surface area contributed by atoms with Gasteiger partial charge >= 0.3 is 0 Å². The van der Waals surface area contributed by atoms with Gasteiger partial charge in [-0.15, -0.1) is 0 Å². The van der Waals surface area contributed by atoms with Crippen molar-refractivity contribution < 1.29 is 14.5 Å². The lowest BCUT2D eigenvalue weighted by Gasteiger charge is -2.17. The smallest absolute Gasteiger partial charge is 0.269 e. The van der Waals surface area contributed by atoms with Gasteiger partial charge in [0.15, 0.2) is 0 Å². The van der Waals surface area contributed by atoms with Gasteiger partial charge < -0.3 is 5.32 Å². The summed E-state index contributed by atoms with van der Waals surface area (Å²) in [5.41, 5.74) is 4.50. The van der Waals surface area contributed by atoms with Gasteiger partial charge in [0.1, 0.15) is 6.04 Å². The standard InChI is InChI=1S/C24H22N4O4S/c29-23(20-11-13-21(14-12-20)28(31)32)26-22(17-33-16-19-9-5-2-6-10-19)24(30)27-25-15-18-7-3-1-4-8-18/h1-15,22H,16-17H2,(H,26,29)(H,27,30)/t22-/m1/s1. The Hall–Kier alpha value is -3.98. The van der Waals surface area contributed by atoms with E-state index < -0.39 is 22.8 Å². The number of thioether (sulfide) groups is 1. The molecule has 1 atom stereocenters. The quantitative estimate of drug-likeness (QED) is 0.270. The number of carbonyl (C=O) groups is 2. The Bertz CT molecular complexity index is 1110. The minimum atomic E-state index is -0.852. The molecule has 0 aromatic heterocycles. The van der Waals surface area contributed by atoms with Gasteiger partial charge in [0.05, 0.1) is 11.1 Å². The van der Waals surface area contributed by atoms with Crippen LogP contribution in [0.3, 0.4) is 0 Å². The molecule has 0 fully saturated rings. The molecule has 3 aromatic rings. The van der Waals surface area contributed by atoms with Crippen LogP contribution in [0.5, 0.6) is 0 Å². The molecule has 0 aliphatic carbocycles. The third-order valence-corrected chi connectivity index (χ3v) is 5.65. The minimum absolute atomic E-state index is 0.116. The molecule has 0 bridgehead atoms. The van der Waals surface area contributed by atoms with E-state index in [1.165, 1.54) is 42.2 Å². The van der Waals surface area contributed by atoms with Gasteiger partial charge in [-0.2, -0.15) is 16.9 Å². The van der Waals surface area contributed by atoms with Crippen LogP contribution in [0.1, 0.15) is 21.5 Å². The van der Waals surface area contributed by atoms with Gasteiger partial charge in [0.25, 0.3) is 17.5 Å². The molecule has 0 heterocycles. The number of nitro groups is 1. The number of amides is 2. The Labute approximate surface area is 195 Å². The number of rotatable bonds is 10. The fourth-order valence-electron chi connectivity index (χ4n) is 2.82. The number of non-ortho nitro benzene ring substituents is 1. The maximum absolute atomic E-state index is 12.7. The van der Waals surface area contributed by atoms with E-state index in [0.717, 1.165) is 11.1 Å². The van der Waals surface area contributed by atoms with E-state index in [1.807, 2.05) is 60.7 Å². The van der Waals surface area contributed by atoms with Gasteiger partial charge in [-0.1, -0.05) is 60.7 Å². The van der Waals surface area contributed by atoms with Crippen LogP contribution < -0.4 is 10.7 Å². The summed E-state index contributed by atoms with van der Waals surface area (Å²) in [6.07, 6.45) is 1.52. The molecule has 8 nitrogen and oxygen atoms in total. The first-order valence-electron chi connectivity index (χ1n) is 10.1. The molecule has 0 saturated carbocycles. The molecular formula is C24H22N4O4S. The van der Waals surface area contributed by atoms with Crippen LogP contribution >= 0.6 is 11.8 Å². The summed E-state index contributed by atoms with van der Waals surface area (Å²) in [6.45, 7) is 0. The van der Waals surface area contributed by atoms with Crippen molar-refractivity contribution in [2.24, 2.45) is 5.10 Å². The molecule has 0 aliphatic rings. The van der Waals surface area contributed by atoms with E-state index in [1.54, 1.807) is 0 Å². The second-order valence-electron chi connectivity index (χ2n) is 6.98. The van der Waals surface area contributed by atoms with Crippen molar-refractivity contribution in [2.45, 2.75) is 11.8 Å². The Kier molecular flexibility index (Phi) is 8.72. The van der Waals surface area contributed by atoms with Crippen LogP contribution in [0.15, 0.2) is 90.0 Å². The minimum Gasteiger partial charge on any atom is -0.339 e. The molecule has 9 heteroatoms. The number of nitrogens with zero attached hydrogens (tertiary/aromatic N) is 2. The second-order valence-corrected chi connectivity index (χ2v) is 8.01. The summed E-state index contributed by atoms with van der Waals surface area (Å²) >= 11 is 1.50. The number of hydrogen-bond donors (Lipinski definition) is 2. The molecule has 3 rings (SSSR count). The average molecular weight is 463 g/mol. The first kappa shape index (κ1) is 23.7. The van der Waals surface area contributed by atoms with Crippen molar-refractivity contribution >= 4 is 35.5 Å². The SMILES string of the molecule is O=C(N[C@H](CSCc1ccccc1)C(=O)NN=Cc1ccccc1)c1ccc([N+](=O)[O-])cc1. The van der Waals surface area contributed by atoms with E-state index >= 15 is 0 Å². The van der Waals surface area contributed by atoms with Gasteiger partial charge in [-0.3, -0.25) is 19.7 Å². The maximum Gasteiger partial charge on any atom is 0.269 e. The van der Waals surface area contributed by atoms with Crippen LogP contribution in [0.4, 0.5) is 5.69 Å². The zero-order valence-corrected chi connectivity index (χ0v) is 18.4. The molecule has 2 N–H and O–H groups in total. The van der Waals surface area contributed by atoms with Crippen molar-refractivity contribution in [3.05, 3.63) is 112 Å². The number of nitrogens with one attached hydrogen (secondary N) is 2. The highest BCUT2D eigenvalue weighted by atomic mass is 32.2. The Morgan fingerprint density at radius 1 is 0.970 bits per heavy atom. The average Bonchev–Trinajstić information content (AvgIpc) is 2.84. The highest BCUT2D eigenvalue weighted by molar-refractivity contribution is 7.98. The van der Waals surface area contributed by atoms with E-state index in [2.05, 4.69) is 15.8 Å².